The number of H-pyrrole nitrogens is 1. The van der Waals surface area contributed by atoms with E-state index in [1.54, 1.807) is 42.3 Å². The van der Waals surface area contributed by atoms with Crippen LogP contribution in [0.5, 0.6) is 5.75 Å². The number of hydrogen-bond acceptors (Lipinski definition) is 3. The number of nitrogens with zero attached hydrogens (tertiary/aromatic N) is 2. The molecule has 2 N–H and O–H groups in total. The monoisotopic (exact) mass is 373 g/mol. The molecule has 0 aliphatic carbocycles. The van der Waals surface area contributed by atoms with Crippen molar-refractivity contribution in [1.82, 2.24) is 15.1 Å². The minimum Gasteiger partial charge on any atom is -0.507 e. The van der Waals surface area contributed by atoms with E-state index in [-0.39, 0.29) is 17.7 Å². The van der Waals surface area contributed by atoms with Gasteiger partial charge in [0, 0.05) is 18.2 Å². The highest BCUT2D eigenvalue weighted by molar-refractivity contribution is 6.42. The van der Waals surface area contributed by atoms with Crippen molar-refractivity contribution in [3.8, 4) is 17.0 Å². The van der Waals surface area contributed by atoms with Crippen LogP contribution in [0.25, 0.3) is 11.3 Å². The number of aromatic amines is 1. The third-order valence-corrected chi connectivity index (χ3v) is 5.16. The van der Waals surface area contributed by atoms with E-state index in [4.69, 9.17) is 23.2 Å². The topological polar surface area (TPSA) is 69.2 Å². The van der Waals surface area contributed by atoms with Crippen LogP contribution < -0.4 is 0 Å². The smallest absolute Gasteiger partial charge is 0.272 e. The Morgan fingerprint density at radius 2 is 1.92 bits per heavy atom. The van der Waals surface area contributed by atoms with Crippen LogP contribution in [-0.2, 0) is 0 Å². The van der Waals surface area contributed by atoms with E-state index >= 15 is 0 Å². The lowest BCUT2D eigenvalue weighted by Gasteiger charge is -2.22. The van der Waals surface area contributed by atoms with Crippen molar-refractivity contribution in [2.24, 2.45) is 0 Å². The normalized spacial score (nSPS) is 16.4. The maximum absolute atomic E-state index is 12.6. The zero-order valence-electron chi connectivity index (χ0n) is 13.1. The van der Waals surface area contributed by atoms with E-state index in [9.17, 15) is 9.90 Å². The highest BCUT2D eigenvalue weighted by Crippen LogP contribution is 2.44. The molecule has 7 heteroatoms. The van der Waals surface area contributed by atoms with Gasteiger partial charge in [0.15, 0.2) is 0 Å². The summed E-state index contributed by atoms with van der Waals surface area (Å²) in [6.07, 6.45) is 0. The molecule has 126 valence electrons. The summed E-state index contributed by atoms with van der Waals surface area (Å²) in [7, 11) is 1.72. The average molecular weight is 374 g/mol. The van der Waals surface area contributed by atoms with Crippen molar-refractivity contribution in [2.75, 3.05) is 7.05 Å². The molecule has 4 rings (SSSR count). The Bertz CT molecular complexity index is 1000. The van der Waals surface area contributed by atoms with Crippen molar-refractivity contribution in [3.63, 3.8) is 0 Å². The van der Waals surface area contributed by atoms with Crippen molar-refractivity contribution in [1.29, 1.82) is 0 Å². The molecule has 1 amide bonds. The molecular formula is C18H13Cl2N3O2. The number of benzene rings is 2. The predicted molar refractivity (Wildman–Crippen MR) is 96.1 cm³/mol. The van der Waals surface area contributed by atoms with Gasteiger partial charge in [-0.25, -0.2) is 0 Å². The second kappa shape index (κ2) is 5.79. The molecule has 2 heterocycles. The standard InChI is InChI=1S/C18H13Cl2N3O2/c1-23-17(9-6-7-11(19)12(20)8-9)14-15(21-22-16(14)18(23)25)10-4-2-3-5-13(10)24/h2-8,17,24H,1H3,(H,21,22). The third-order valence-electron chi connectivity index (χ3n) is 4.42. The van der Waals surface area contributed by atoms with Crippen molar-refractivity contribution in [3.05, 3.63) is 69.3 Å². The summed E-state index contributed by atoms with van der Waals surface area (Å²) in [5.41, 5.74) is 3.06. The van der Waals surface area contributed by atoms with Gasteiger partial charge in [-0.05, 0) is 29.8 Å². The number of carbonyl (C=O) groups is 1. The number of amides is 1. The highest BCUT2D eigenvalue weighted by atomic mass is 35.5. The summed E-state index contributed by atoms with van der Waals surface area (Å²) >= 11 is 12.2. The first-order valence-corrected chi connectivity index (χ1v) is 8.33. The van der Waals surface area contributed by atoms with E-state index < -0.39 is 0 Å². The van der Waals surface area contributed by atoms with E-state index in [0.29, 0.717) is 32.6 Å². The lowest BCUT2D eigenvalue weighted by atomic mass is 9.96. The van der Waals surface area contributed by atoms with Gasteiger partial charge in [-0.15, -0.1) is 0 Å². The molecule has 0 fully saturated rings. The average Bonchev–Trinajstić information content (AvgIpc) is 3.11. The number of halogens is 2. The van der Waals surface area contributed by atoms with Crippen molar-refractivity contribution in [2.45, 2.75) is 6.04 Å². The van der Waals surface area contributed by atoms with Crippen LogP contribution in [0.1, 0.15) is 27.7 Å². The van der Waals surface area contributed by atoms with Crippen LogP contribution in [0, 0.1) is 0 Å². The summed E-state index contributed by atoms with van der Waals surface area (Å²) in [5.74, 6) is -0.0630. The Kier molecular flexibility index (Phi) is 3.71. The number of hydrogen-bond donors (Lipinski definition) is 2. The fraction of sp³-hybridized carbons (Fsp3) is 0.111. The molecule has 5 nitrogen and oxygen atoms in total. The molecule has 1 aromatic heterocycles. The van der Waals surface area contributed by atoms with Crippen LogP contribution >= 0.6 is 23.2 Å². The first-order chi connectivity index (χ1) is 12.0. The summed E-state index contributed by atoms with van der Waals surface area (Å²) < 4.78 is 0. The zero-order valence-corrected chi connectivity index (χ0v) is 14.6. The maximum atomic E-state index is 12.6. The Morgan fingerprint density at radius 1 is 1.16 bits per heavy atom. The molecule has 1 atom stereocenters. The van der Waals surface area contributed by atoms with Crippen LogP contribution in [0.2, 0.25) is 10.0 Å². The Labute approximate surface area is 153 Å². The molecule has 0 spiro atoms. The molecule has 0 saturated carbocycles. The second-order valence-electron chi connectivity index (χ2n) is 5.87. The number of aromatic hydroxyl groups is 1. The lowest BCUT2D eigenvalue weighted by Crippen LogP contribution is -2.24. The van der Waals surface area contributed by atoms with Gasteiger partial charge in [-0.1, -0.05) is 41.4 Å². The first-order valence-electron chi connectivity index (χ1n) is 7.57. The summed E-state index contributed by atoms with van der Waals surface area (Å²) in [6, 6.07) is 11.8. The van der Waals surface area contributed by atoms with E-state index in [1.807, 2.05) is 12.1 Å². The zero-order chi connectivity index (χ0) is 17.7. The Hall–Kier alpha value is -2.50. The quantitative estimate of drug-likeness (QED) is 0.704. The molecule has 1 aliphatic heterocycles. The SMILES string of the molecule is CN1C(=O)c2[nH]nc(-c3ccccc3O)c2C1c1ccc(Cl)c(Cl)c1. The van der Waals surface area contributed by atoms with Crippen molar-refractivity contribution >= 4 is 29.1 Å². The van der Waals surface area contributed by atoms with Gasteiger partial charge < -0.3 is 10.0 Å². The first kappa shape index (κ1) is 16.0. The number of fused-ring (bicyclic) bond motifs is 1. The van der Waals surface area contributed by atoms with Gasteiger partial charge in [0.05, 0.1) is 16.1 Å². The molecule has 1 unspecified atom stereocenters. The predicted octanol–water partition coefficient (Wildman–Crippen LogP) is 4.26. The highest BCUT2D eigenvalue weighted by Gasteiger charge is 2.40. The summed E-state index contributed by atoms with van der Waals surface area (Å²) in [6.45, 7) is 0. The number of rotatable bonds is 2. The van der Waals surface area contributed by atoms with Gasteiger partial charge in [0.1, 0.15) is 17.1 Å². The largest absolute Gasteiger partial charge is 0.507 e. The number of nitrogens with one attached hydrogen (secondary N) is 1. The van der Waals surface area contributed by atoms with Gasteiger partial charge in [-0.2, -0.15) is 5.10 Å². The molecular weight excluding hydrogens is 361 g/mol. The molecule has 0 radical (unpaired) electrons. The molecule has 3 aromatic rings. The van der Waals surface area contributed by atoms with Crippen LogP contribution in [0.3, 0.4) is 0 Å². The van der Waals surface area contributed by atoms with Crippen LogP contribution in [-0.4, -0.2) is 33.2 Å². The van der Waals surface area contributed by atoms with Crippen LogP contribution in [0.15, 0.2) is 42.5 Å². The number of phenols is 1. The van der Waals surface area contributed by atoms with E-state index in [1.165, 1.54) is 0 Å². The molecule has 2 aromatic carbocycles. The van der Waals surface area contributed by atoms with E-state index in [0.717, 1.165) is 5.56 Å². The second-order valence-corrected chi connectivity index (χ2v) is 6.68. The fourth-order valence-corrected chi connectivity index (χ4v) is 3.53. The molecule has 0 saturated heterocycles. The number of phenolic OH excluding ortho intramolecular Hbond substituents is 1. The number of carbonyl (C=O) groups excluding carboxylic acids is 1. The number of aromatic nitrogens is 2. The molecule has 0 bridgehead atoms. The Morgan fingerprint density at radius 3 is 2.64 bits per heavy atom. The molecule has 25 heavy (non-hydrogen) atoms. The van der Waals surface area contributed by atoms with E-state index in [2.05, 4.69) is 10.2 Å². The molecule has 1 aliphatic rings. The number of para-hydroxylation sites is 1. The minimum atomic E-state index is -0.370. The minimum absolute atomic E-state index is 0.103. The summed E-state index contributed by atoms with van der Waals surface area (Å²) in [5, 5.41) is 18.1. The third kappa shape index (κ3) is 2.39. The Balaban J connectivity index is 1.93. The van der Waals surface area contributed by atoms with Crippen molar-refractivity contribution < 1.29 is 9.90 Å². The van der Waals surface area contributed by atoms with Gasteiger partial charge in [-0.3, -0.25) is 9.89 Å². The van der Waals surface area contributed by atoms with Gasteiger partial charge in [0.2, 0.25) is 0 Å². The maximum Gasteiger partial charge on any atom is 0.272 e. The lowest BCUT2D eigenvalue weighted by molar-refractivity contribution is 0.0788. The van der Waals surface area contributed by atoms with Gasteiger partial charge in [0.25, 0.3) is 5.91 Å². The fourth-order valence-electron chi connectivity index (χ4n) is 3.22. The summed E-state index contributed by atoms with van der Waals surface area (Å²) in [4.78, 5) is 14.2. The van der Waals surface area contributed by atoms with Crippen LogP contribution in [0.4, 0.5) is 0 Å². The van der Waals surface area contributed by atoms with Gasteiger partial charge >= 0.3 is 0 Å².